The van der Waals surface area contributed by atoms with Crippen LogP contribution in [0.2, 0.25) is 5.02 Å². The van der Waals surface area contributed by atoms with Crippen molar-refractivity contribution in [3.63, 3.8) is 0 Å². The first-order chi connectivity index (χ1) is 12.2. The van der Waals surface area contributed by atoms with Gasteiger partial charge in [0.15, 0.2) is 0 Å². The Morgan fingerprint density at radius 1 is 1.24 bits per heavy atom. The first kappa shape index (κ1) is 17.8. The van der Waals surface area contributed by atoms with Crippen LogP contribution < -0.4 is 4.74 Å². The molecule has 0 radical (unpaired) electrons. The maximum Gasteiger partial charge on any atom is 0.253 e. The molecule has 2 aromatic carbocycles. The second-order valence-corrected chi connectivity index (χ2v) is 6.62. The molecule has 0 spiro atoms. The number of rotatable bonds is 5. The van der Waals surface area contributed by atoms with Crippen LogP contribution in [0.15, 0.2) is 48.5 Å². The van der Waals surface area contributed by atoms with Gasteiger partial charge in [-0.25, -0.2) is 0 Å². The molecule has 25 heavy (non-hydrogen) atoms. The SMILES string of the molecule is COc1ccc(C(=O)N2CCC[C@@H](OCc3cccc(Cl)c3)C2)cc1. The molecule has 1 saturated heterocycles. The maximum absolute atomic E-state index is 12.7. The van der Waals surface area contributed by atoms with Crippen molar-refractivity contribution in [2.75, 3.05) is 20.2 Å². The van der Waals surface area contributed by atoms with E-state index in [-0.39, 0.29) is 12.0 Å². The summed E-state index contributed by atoms with van der Waals surface area (Å²) in [6, 6.07) is 14.9. The van der Waals surface area contributed by atoms with Gasteiger partial charge in [0.2, 0.25) is 0 Å². The standard InChI is InChI=1S/C20H22ClNO3/c1-24-18-9-7-16(8-10-18)20(23)22-11-3-6-19(13-22)25-14-15-4-2-5-17(21)12-15/h2,4-5,7-10,12,19H,3,6,11,13-14H2,1H3/t19-/m1/s1. The molecule has 4 nitrogen and oxygen atoms in total. The number of benzene rings is 2. The van der Waals surface area contributed by atoms with Gasteiger partial charge in [0.1, 0.15) is 5.75 Å². The van der Waals surface area contributed by atoms with Gasteiger partial charge in [-0.2, -0.15) is 0 Å². The lowest BCUT2D eigenvalue weighted by Gasteiger charge is -2.32. The normalized spacial score (nSPS) is 17.4. The zero-order valence-electron chi connectivity index (χ0n) is 14.3. The molecule has 1 amide bonds. The molecule has 0 unspecified atom stereocenters. The summed E-state index contributed by atoms with van der Waals surface area (Å²) in [4.78, 5) is 14.5. The van der Waals surface area contributed by atoms with Crippen molar-refractivity contribution < 1.29 is 14.3 Å². The van der Waals surface area contributed by atoms with Gasteiger partial charge in [-0.1, -0.05) is 23.7 Å². The summed E-state index contributed by atoms with van der Waals surface area (Å²) in [7, 11) is 1.61. The van der Waals surface area contributed by atoms with Gasteiger partial charge >= 0.3 is 0 Å². The van der Waals surface area contributed by atoms with E-state index in [0.717, 1.165) is 30.7 Å². The van der Waals surface area contributed by atoms with E-state index in [1.54, 1.807) is 19.2 Å². The Bertz CT molecular complexity index is 717. The Balaban J connectivity index is 1.57. The molecule has 1 aliphatic heterocycles. The van der Waals surface area contributed by atoms with Gasteiger partial charge in [-0.15, -0.1) is 0 Å². The van der Waals surface area contributed by atoms with E-state index in [0.29, 0.717) is 23.7 Å². The van der Waals surface area contributed by atoms with Crippen molar-refractivity contribution in [1.29, 1.82) is 0 Å². The highest BCUT2D eigenvalue weighted by atomic mass is 35.5. The van der Waals surface area contributed by atoms with Crippen molar-refractivity contribution in [2.45, 2.75) is 25.6 Å². The number of nitrogens with zero attached hydrogens (tertiary/aromatic N) is 1. The monoisotopic (exact) mass is 359 g/mol. The minimum Gasteiger partial charge on any atom is -0.497 e. The predicted molar refractivity (Wildman–Crippen MR) is 98.2 cm³/mol. The van der Waals surface area contributed by atoms with E-state index in [9.17, 15) is 4.79 Å². The highest BCUT2D eigenvalue weighted by Gasteiger charge is 2.25. The van der Waals surface area contributed by atoms with Crippen LogP contribution in [0.25, 0.3) is 0 Å². The molecule has 5 heteroatoms. The first-order valence-corrected chi connectivity index (χ1v) is 8.83. The third-order valence-electron chi connectivity index (χ3n) is 4.38. The Kier molecular flexibility index (Phi) is 5.95. The number of carbonyl (C=O) groups excluding carboxylic acids is 1. The Labute approximate surface area is 153 Å². The largest absolute Gasteiger partial charge is 0.497 e. The number of likely N-dealkylation sites (tertiary alicyclic amines) is 1. The number of carbonyl (C=O) groups is 1. The van der Waals surface area contributed by atoms with E-state index < -0.39 is 0 Å². The average Bonchev–Trinajstić information content (AvgIpc) is 2.66. The number of methoxy groups -OCH3 is 1. The van der Waals surface area contributed by atoms with E-state index in [2.05, 4.69) is 0 Å². The summed E-state index contributed by atoms with van der Waals surface area (Å²) in [6.07, 6.45) is 1.96. The summed E-state index contributed by atoms with van der Waals surface area (Å²) in [5, 5.41) is 0.709. The van der Waals surface area contributed by atoms with E-state index in [1.807, 2.05) is 41.3 Å². The second kappa shape index (κ2) is 8.37. The van der Waals surface area contributed by atoms with Crippen LogP contribution >= 0.6 is 11.6 Å². The predicted octanol–water partition coefficient (Wildman–Crippen LogP) is 4.17. The zero-order chi connectivity index (χ0) is 17.6. The second-order valence-electron chi connectivity index (χ2n) is 6.18. The third kappa shape index (κ3) is 4.74. The van der Waals surface area contributed by atoms with Crippen molar-refractivity contribution in [3.8, 4) is 5.75 Å². The van der Waals surface area contributed by atoms with Crippen molar-refractivity contribution in [3.05, 3.63) is 64.7 Å². The molecule has 132 valence electrons. The number of piperidine rings is 1. The maximum atomic E-state index is 12.7. The van der Waals surface area contributed by atoms with Crippen LogP contribution in [0, 0.1) is 0 Å². The summed E-state index contributed by atoms with van der Waals surface area (Å²) < 4.78 is 11.1. The minimum absolute atomic E-state index is 0.0405. The molecule has 1 fully saturated rings. The lowest BCUT2D eigenvalue weighted by atomic mass is 10.1. The summed E-state index contributed by atoms with van der Waals surface area (Å²) in [5.74, 6) is 0.789. The topological polar surface area (TPSA) is 38.8 Å². The van der Waals surface area contributed by atoms with E-state index in [4.69, 9.17) is 21.1 Å². The number of hydrogen-bond donors (Lipinski definition) is 0. The molecular weight excluding hydrogens is 338 g/mol. The number of ether oxygens (including phenoxy) is 2. The van der Waals surface area contributed by atoms with E-state index in [1.165, 1.54) is 0 Å². The fraction of sp³-hybridized carbons (Fsp3) is 0.350. The molecular formula is C20H22ClNO3. The Morgan fingerprint density at radius 2 is 2.04 bits per heavy atom. The molecule has 3 rings (SSSR count). The molecule has 1 aliphatic rings. The molecule has 0 bridgehead atoms. The van der Waals surface area contributed by atoms with Crippen LogP contribution in [0.3, 0.4) is 0 Å². The first-order valence-electron chi connectivity index (χ1n) is 8.45. The Hall–Kier alpha value is -2.04. The van der Waals surface area contributed by atoms with Crippen molar-refractivity contribution >= 4 is 17.5 Å². The van der Waals surface area contributed by atoms with Gasteiger partial charge in [-0.05, 0) is 54.8 Å². The van der Waals surface area contributed by atoms with Gasteiger partial charge in [-0.3, -0.25) is 4.79 Å². The van der Waals surface area contributed by atoms with Crippen molar-refractivity contribution in [2.24, 2.45) is 0 Å². The molecule has 0 saturated carbocycles. The van der Waals surface area contributed by atoms with Crippen LogP contribution in [-0.2, 0) is 11.3 Å². The minimum atomic E-state index is 0.0405. The molecule has 0 aliphatic carbocycles. The van der Waals surface area contributed by atoms with Gasteiger partial charge in [0.25, 0.3) is 5.91 Å². The quantitative estimate of drug-likeness (QED) is 0.804. The highest BCUT2D eigenvalue weighted by molar-refractivity contribution is 6.30. The fourth-order valence-corrected chi connectivity index (χ4v) is 3.23. The molecule has 0 N–H and O–H groups in total. The third-order valence-corrected chi connectivity index (χ3v) is 4.61. The van der Waals surface area contributed by atoms with E-state index >= 15 is 0 Å². The molecule has 1 atom stereocenters. The molecule has 2 aromatic rings. The zero-order valence-corrected chi connectivity index (χ0v) is 15.0. The smallest absolute Gasteiger partial charge is 0.253 e. The number of hydrogen-bond acceptors (Lipinski definition) is 3. The summed E-state index contributed by atoms with van der Waals surface area (Å²) >= 11 is 6.00. The van der Waals surface area contributed by atoms with Crippen LogP contribution in [0.1, 0.15) is 28.8 Å². The van der Waals surface area contributed by atoms with Gasteiger partial charge in [0, 0.05) is 23.7 Å². The lowest BCUT2D eigenvalue weighted by Crippen LogP contribution is -2.43. The average molecular weight is 360 g/mol. The van der Waals surface area contributed by atoms with Crippen LogP contribution in [0.5, 0.6) is 5.75 Å². The van der Waals surface area contributed by atoms with Gasteiger partial charge in [0.05, 0.1) is 19.8 Å². The molecule has 1 heterocycles. The summed E-state index contributed by atoms with van der Waals surface area (Å²) in [5.41, 5.74) is 1.72. The molecule has 0 aromatic heterocycles. The fourth-order valence-electron chi connectivity index (χ4n) is 3.02. The van der Waals surface area contributed by atoms with Crippen molar-refractivity contribution in [1.82, 2.24) is 4.90 Å². The highest BCUT2D eigenvalue weighted by Crippen LogP contribution is 2.20. The number of amides is 1. The Morgan fingerprint density at radius 3 is 2.76 bits per heavy atom. The van der Waals surface area contributed by atoms with Crippen LogP contribution in [0.4, 0.5) is 0 Å². The number of halogens is 1. The van der Waals surface area contributed by atoms with Crippen LogP contribution in [-0.4, -0.2) is 37.1 Å². The summed E-state index contributed by atoms with van der Waals surface area (Å²) in [6.45, 7) is 1.89. The lowest BCUT2D eigenvalue weighted by molar-refractivity contribution is -0.00672. The van der Waals surface area contributed by atoms with Gasteiger partial charge < -0.3 is 14.4 Å².